The highest BCUT2D eigenvalue weighted by atomic mass is 127. The third-order valence-electron chi connectivity index (χ3n) is 3.22. The molecule has 0 saturated heterocycles. The molecule has 0 atom stereocenters. The number of nitrogens with one attached hydrogen (secondary N) is 2. The number of nitrogens with zero attached hydrogens (tertiary/aromatic N) is 3. The zero-order valence-electron chi connectivity index (χ0n) is 13.1. The molecule has 2 N–H and O–H groups in total. The third-order valence-corrected chi connectivity index (χ3v) is 3.22. The Morgan fingerprint density at radius 2 is 1.95 bits per heavy atom. The van der Waals surface area contributed by atoms with Crippen LogP contribution in [0.5, 0.6) is 0 Å². The summed E-state index contributed by atoms with van der Waals surface area (Å²) in [6.45, 7) is 4.60. The summed E-state index contributed by atoms with van der Waals surface area (Å²) in [6.07, 6.45) is 4.86. The Morgan fingerprint density at radius 3 is 2.59 bits per heavy atom. The molecule has 1 aromatic carbocycles. The van der Waals surface area contributed by atoms with Gasteiger partial charge in [0.25, 0.3) is 0 Å². The van der Waals surface area contributed by atoms with E-state index in [4.69, 9.17) is 0 Å². The van der Waals surface area contributed by atoms with Gasteiger partial charge >= 0.3 is 0 Å². The Labute approximate surface area is 149 Å². The summed E-state index contributed by atoms with van der Waals surface area (Å²) in [5.41, 5.74) is 2.52. The third kappa shape index (κ3) is 5.67. The smallest absolute Gasteiger partial charge is 0.191 e. The van der Waals surface area contributed by atoms with Gasteiger partial charge < -0.3 is 10.6 Å². The van der Waals surface area contributed by atoms with Crippen molar-refractivity contribution in [1.29, 1.82) is 0 Å². The van der Waals surface area contributed by atoms with Gasteiger partial charge in [0.1, 0.15) is 0 Å². The second-order valence-electron chi connectivity index (χ2n) is 4.82. The second kappa shape index (κ2) is 10.2. The van der Waals surface area contributed by atoms with E-state index in [-0.39, 0.29) is 24.0 Å². The molecule has 0 aliphatic carbocycles. The number of rotatable bonds is 6. The summed E-state index contributed by atoms with van der Waals surface area (Å²) in [7, 11) is 1.79. The van der Waals surface area contributed by atoms with Crippen LogP contribution < -0.4 is 10.6 Å². The van der Waals surface area contributed by atoms with Crippen molar-refractivity contribution in [2.75, 3.05) is 13.6 Å². The van der Waals surface area contributed by atoms with Gasteiger partial charge in [0.05, 0.1) is 6.54 Å². The van der Waals surface area contributed by atoms with Crippen LogP contribution in [0, 0.1) is 0 Å². The molecule has 120 valence electrons. The predicted octanol–water partition coefficient (Wildman–Crippen LogP) is 2.62. The highest BCUT2D eigenvalue weighted by Crippen LogP contribution is 2.10. The van der Waals surface area contributed by atoms with Crippen molar-refractivity contribution in [3.05, 3.63) is 53.9 Å². The van der Waals surface area contributed by atoms with E-state index >= 15 is 0 Å². The van der Waals surface area contributed by atoms with Gasteiger partial charge in [-0.2, -0.15) is 5.10 Å². The molecular formula is C16H24IN5. The monoisotopic (exact) mass is 413 g/mol. The molecule has 0 bridgehead atoms. The largest absolute Gasteiger partial charge is 0.356 e. The lowest BCUT2D eigenvalue weighted by atomic mass is 10.1. The van der Waals surface area contributed by atoms with Gasteiger partial charge in [0.15, 0.2) is 5.96 Å². The van der Waals surface area contributed by atoms with Crippen molar-refractivity contribution in [1.82, 2.24) is 20.4 Å². The Morgan fingerprint density at radius 1 is 1.18 bits per heavy atom. The van der Waals surface area contributed by atoms with E-state index < -0.39 is 0 Å². The fraction of sp³-hybridized carbons (Fsp3) is 0.375. The molecule has 1 heterocycles. The quantitative estimate of drug-likeness (QED) is 0.435. The lowest BCUT2D eigenvalue weighted by Gasteiger charge is -2.14. The number of hydrogen-bond acceptors (Lipinski definition) is 2. The molecule has 1 aromatic heterocycles. The van der Waals surface area contributed by atoms with Crippen LogP contribution in [0.25, 0.3) is 0 Å². The van der Waals surface area contributed by atoms with Gasteiger partial charge in [-0.15, -0.1) is 24.0 Å². The summed E-state index contributed by atoms with van der Waals surface area (Å²) in [5, 5.41) is 10.9. The first kappa shape index (κ1) is 18.5. The Balaban J connectivity index is 0.00000242. The van der Waals surface area contributed by atoms with Crippen LogP contribution in [-0.4, -0.2) is 29.3 Å². The molecule has 0 unspecified atom stereocenters. The first-order valence-corrected chi connectivity index (χ1v) is 7.32. The van der Waals surface area contributed by atoms with E-state index in [9.17, 15) is 0 Å². The summed E-state index contributed by atoms with van der Waals surface area (Å²) in [4.78, 5) is 4.22. The van der Waals surface area contributed by atoms with Crippen molar-refractivity contribution in [2.45, 2.75) is 26.4 Å². The first-order valence-electron chi connectivity index (χ1n) is 7.32. The van der Waals surface area contributed by atoms with E-state index in [0.29, 0.717) is 0 Å². The van der Waals surface area contributed by atoms with Crippen LogP contribution >= 0.6 is 24.0 Å². The van der Waals surface area contributed by atoms with Gasteiger partial charge in [-0.1, -0.05) is 31.2 Å². The Kier molecular flexibility index (Phi) is 8.57. The van der Waals surface area contributed by atoms with E-state index in [2.05, 4.69) is 51.9 Å². The molecule has 22 heavy (non-hydrogen) atoms. The van der Waals surface area contributed by atoms with Crippen LogP contribution in [0.4, 0.5) is 0 Å². The average Bonchev–Trinajstić information content (AvgIpc) is 3.02. The SMILES string of the molecule is CCCNC(=NC)NCc1ccccc1Cn1cccn1.I. The standard InChI is InChI=1S/C16H23N5.HI/c1-3-9-18-16(17-2)19-12-14-7-4-5-8-15(14)13-21-11-6-10-20-21;/h4-8,10-11H,3,9,12-13H2,1-2H3,(H2,17,18,19);1H. The summed E-state index contributed by atoms with van der Waals surface area (Å²) in [5.74, 6) is 0.839. The zero-order valence-corrected chi connectivity index (χ0v) is 15.5. The van der Waals surface area contributed by atoms with Crippen LogP contribution in [-0.2, 0) is 13.1 Å². The molecule has 0 aliphatic rings. The van der Waals surface area contributed by atoms with E-state index in [1.807, 2.05) is 16.9 Å². The highest BCUT2D eigenvalue weighted by molar-refractivity contribution is 14.0. The topological polar surface area (TPSA) is 54.2 Å². The number of halogens is 1. The van der Waals surface area contributed by atoms with Crippen LogP contribution in [0.1, 0.15) is 24.5 Å². The Bertz CT molecular complexity index is 566. The zero-order chi connectivity index (χ0) is 14.9. The number of aromatic nitrogens is 2. The molecule has 6 heteroatoms. The number of benzene rings is 1. The fourth-order valence-corrected chi connectivity index (χ4v) is 2.10. The molecular weight excluding hydrogens is 389 g/mol. The molecule has 0 fully saturated rings. The lowest BCUT2D eigenvalue weighted by Crippen LogP contribution is -2.37. The van der Waals surface area contributed by atoms with Crippen molar-refractivity contribution >= 4 is 29.9 Å². The molecule has 2 rings (SSSR count). The number of aliphatic imine (C=N–C) groups is 1. The van der Waals surface area contributed by atoms with Crippen molar-refractivity contribution in [3.63, 3.8) is 0 Å². The van der Waals surface area contributed by atoms with Crippen LogP contribution in [0.3, 0.4) is 0 Å². The second-order valence-corrected chi connectivity index (χ2v) is 4.82. The minimum Gasteiger partial charge on any atom is -0.356 e. The summed E-state index contributed by atoms with van der Waals surface area (Å²) < 4.78 is 1.93. The van der Waals surface area contributed by atoms with Gasteiger partial charge in [-0.3, -0.25) is 9.67 Å². The van der Waals surface area contributed by atoms with Crippen LogP contribution in [0.15, 0.2) is 47.7 Å². The van der Waals surface area contributed by atoms with Gasteiger partial charge in [0, 0.05) is 32.5 Å². The molecule has 2 aromatic rings. The fourth-order valence-electron chi connectivity index (χ4n) is 2.10. The van der Waals surface area contributed by atoms with E-state index in [1.165, 1.54) is 11.1 Å². The van der Waals surface area contributed by atoms with Crippen LogP contribution in [0.2, 0.25) is 0 Å². The molecule has 0 amide bonds. The lowest BCUT2D eigenvalue weighted by molar-refractivity contribution is 0.677. The molecule has 0 aliphatic heterocycles. The maximum absolute atomic E-state index is 4.26. The normalized spacial score (nSPS) is 10.9. The van der Waals surface area contributed by atoms with Crippen molar-refractivity contribution < 1.29 is 0 Å². The molecule has 5 nitrogen and oxygen atoms in total. The number of hydrogen-bond donors (Lipinski definition) is 2. The van der Waals surface area contributed by atoms with Crippen molar-refractivity contribution in [2.24, 2.45) is 4.99 Å². The average molecular weight is 413 g/mol. The maximum atomic E-state index is 4.26. The molecule has 0 radical (unpaired) electrons. The summed E-state index contributed by atoms with van der Waals surface area (Å²) in [6, 6.07) is 10.3. The van der Waals surface area contributed by atoms with Gasteiger partial charge in [0.2, 0.25) is 0 Å². The van der Waals surface area contributed by atoms with E-state index in [1.54, 1.807) is 13.2 Å². The molecule has 0 spiro atoms. The van der Waals surface area contributed by atoms with E-state index in [0.717, 1.165) is 32.0 Å². The minimum absolute atomic E-state index is 0. The molecule has 0 saturated carbocycles. The minimum atomic E-state index is 0. The van der Waals surface area contributed by atoms with Gasteiger partial charge in [-0.05, 0) is 23.6 Å². The first-order chi connectivity index (χ1) is 10.3. The number of guanidine groups is 1. The Hall–Kier alpha value is -1.57. The van der Waals surface area contributed by atoms with Gasteiger partial charge in [-0.25, -0.2) is 0 Å². The maximum Gasteiger partial charge on any atom is 0.191 e. The van der Waals surface area contributed by atoms with Crippen molar-refractivity contribution in [3.8, 4) is 0 Å². The summed E-state index contributed by atoms with van der Waals surface area (Å²) >= 11 is 0. The predicted molar refractivity (Wildman–Crippen MR) is 102 cm³/mol. The highest BCUT2D eigenvalue weighted by Gasteiger charge is 2.04.